The first-order chi connectivity index (χ1) is 10.9. The molecule has 0 aliphatic carbocycles. The molecule has 0 atom stereocenters. The fourth-order valence-electron chi connectivity index (χ4n) is 2.44. The molecule has 122 valence electrons. The number of carbonyl (C=O) groups is 2. The summed E-state index contributed by atoms with van der Waals surface area (Å²) in [5.74, 6) is -0.888. The van der Waals surface area contributed by atoms with E-state index in [2.05, 4.69) is 0 Å². The molecule has 0 unspecified atom stereocenters. The number of thiophene rings is 1. The van der Waals surface area contributed by atoms with Crippen LogP contribution in [0.3, 0.4) is 0 Å². The average molecular weight is 446 g/mol. The van der Waals surface area contributed by atoms with Crippen LogP contribution in [0.15, 0.2) is 18.2 Å². The maximum atomic E-state index is 14.1. The van der Waals surface area contributed by atoms with Gasteiger partial charge in [0.15, 0.2) is 5.78 Å². The number of halogens is 2. The van der Waals surface area contributed by atoms with Crippen LogP contribution in [0.25, 0.3) is 0 Å². The van der Waals surface area contributed by atoms with E-state index in [9.17, 15) is 14.0 Å². The van der Waals surface area contributed by atoms with Gasteiger partial charge in [-0.1, -0.05) is 13.0 Å². The van der Waals surface area contributed by atoms with Crippen molar-refractivity contribution in [3.63, 3.8) is 0 Å². The molecule has 6 heteroatoms. The van der Waals surface area contributed by atoms with Crippen molar-refractivity contribution in [3.05, 3.63) is 54.0 Å². The quantitative estimate of drug-likeness (QED) is 0.382. The first kappa shape index (κ1) is 18.1. The van der Waals surface area contributed by atoms with Gasteiger partial charge in [0, 0.05) is 14.9 Å². The molecule has 1 aromatic heterocycles. The first-order valence-electron chi connectivity index (χ1n) is 7.06. The third-order valence-electron chi connectivity index (χ3n) is 3.51. The van der Waals surface area contributed by atoms with Gasteiger partial charge in [-0.05, 0) is 59.2 Å². The molecular formula is C17H16FIO3S. The van der Waals surface area contributed by atoms with Crippen LogP contribution in [-0.4, -0.2) is 18.9 Å². The molecule has 0 radical (unpaired) electrons. The third kappa shape index (κ3) is 3.80. The highest BCUT2D eigenvalue weighted by molar-refractivity contribution is 14.1. The van der Waals surface area contributed by atoms with Crippen LogP contribution in [0.5, 0.6) is 0 Å². The van der Waals surface area contributed by atoms with Crippen LogP contribution in [0.2, 0.25) is 0 Å². The predicted octanol–water partition coefficient (Wildman–Crippen LogP) is 4.63. The van der Waals surface area contributed by atoms with Crippen molar-refractivity contribution >= 4 is 45.7 Å². The minimum Gasteiger partial charge on any atom is -0.465 e. The second-order valence-corrected chi connectivity index (χ2v) is 7.37. The number of hydrogen-bond donors (Lipinski definition) is 0. The summed E-state index contributed by atoms with van der Waals surface area (Å²) in [6.07, 6.45) is 0.809. The summed E-state index contributed by atoms with van der Waals surface area (Å²) in [5, 5.41) is 0. The largest absolute Gasteiger partial charge is 0.465 e. The van der Waals surface area contributed by atoms with E-state index >= 15 is 0 Å². The Balaban J connectivity index is 2.56. The standard InChI is InChI=1S/C17H16FIO3S/c1-4-12-15(17(21)22-3)14(23-16(12)9(2)20)7-10-5-6-11(19)8-13(10)18/h5-6,8H,4,7H2,1-3H3. The van der Waals surface area contributed by atoms with E-state index in [1.165, 1.54) is 31.4 Å². The average Bonchev–Trinajstić information content (AvgIpc) is 2.87. The summed E-state index contributed by atoms with van der Waals surface area (Å²) in [6, 6.07) is 4.97. The molecule has 0 N–H and O–H groups in total. The van der Waals surface area contributed by atoms with Gasteiger partial charge in [-0.2, -0.15) is 0 Å². The van der Waals surface area contributed by atoms with Crippen molar-refractivity contribution in [2.75, 3.05) is 7.11 Å². The summed E-state index contributed by atoms with van der Waals surface area (Å²) in [5.41, 5.74) is 1.59. The molecule has 3 nitrogen and oxygen atoms in total. The molecule has 1 heterocycles. The number of Topliss-reactive ketones (excluding diaryl/α,β-unsaturated/α-hetero) is 1. The molecule has 0 saturated carbocycles. The van der Waals surface area contributed by atoms with Gasteiger partial charge in [0.1, 0.15) is 5.82 Å². The van der Waals surface area contributed by atoms with Gasteiger partial charge in [0.25, 0.3) is 0 Å². The highest BCUT2D eigenvalue weighted by Gasteiger charge is 2.25. The maximum Gasteiger partial charge on any atom is 0.339 e. The molecule has 0 saturated heterocycles. The van der Waals surface area contributed by atoms with Crippen molar-refractivity contribution in [2.24, 2.45) is 0 Å². The Morgan fingerprint density at radius 2 is 2.04 bits per heavy atom. The van der Waals surface area contributed by atoms with Crippen molar-refractivity contribution < 1.29 is 18.7 Å². The summed E-state index contributed by atoms with van der Waals surface area (Å²) >= 11 is 3.30. The molecule has 0 fully saturated rings. The van der Waals surface area contributed by atoms with Gasteiger partial charge in [0.2, 0.25) is 0 Å². The van der Waals surface area contributed by atoms with Crippen LogP contribution in [0.4, 0.5) is 4.39 Å². The van der Waals surface area contributed by atoms with E-state index in [1.54, 1.807) is 6.07 Å². The van der Waals surface area contributed by atoms with E-state index in [0.717, 1.165) is 3.57 Å². The Labute approximate surface area is 152 Å². The SMILES string of the molecule is CCc1c(C(C)=O)sc(Cc2ccc(I)cc2F)c1C(=O)OC. The lowest BCUT2D eigenvalue weighted by atomic mass is 10.0. The minimum absolute atomic E-state index is 0.0914. The fourth-order valence-corrected chi connectivity index (χ4v) is 4.19. The van der Waals surface area contributed by atoms with Gasteiger partial charge >= 0.3 is 5.97 Å². The van der Waals surface area contributed by atoms with E-state index in [4.69, 9.17) is 4.74 Å². The van der Waals surface area contributed by atoms with Gasteiger partial charge in [-0.15, -0.1) is 11.3 Å². The number of esters is 1. The smallest absolute Gasteiger partial charge is 0.339 e. The number of ketones is 1. The van der Waals surface area contributed by atoms with E-state index in [0.29, 0.717) is 32.9 Å². The molecule has 1 aromatic carbocycles. The lowest BCUT2D eigenvalue weighted by Crippen LogP contribution is -2.08. The molecule has 0 bridgehead atoms. The molecule has 0 spiro atoms. The second-order valence-electron chi connectivity index (χ2n) is 5.02. The normalized spacial score (nSPS) is 10.7. The number of ether oxygens (including phenoxy) is 1. The van der Waals surface area contributed by atoms with Gasteiger partial charge in [-0.25, -0.2) is 9.18 Å². The van der Waals surface area contributed by atoms with Crippen LogP contribution in [0, 0.1) is 9.39 Å². The molecule has 23 heavy (non-hydrogen) atoms. The van der Waals surface area contributed by atoms with E-state index < -0.39 is 5.97 Å². The zero-order valence-electron chi connectivity index (χ0n) is 13.0. The summed E-state index contributed by atoms with van der Waals surface area (Å²) in [7, 11) is 1.31. The number of benzene rings is 1. The van der Waals surface area contributed by atoms with Crippen molar-refractivity contribution in [1.29, 1.82) is 0 Å². The fraction of sp³-hybridized carbons (Fsp3) is 0.294. The molecule has 0 amide bonds. The van der Waals surface area contributed by atoms with Crippen LogP contribution < -0.4 is 0 Å². The molecule has 0 aliphatic rings. The Kier molecular flexibility index (Phi) is 5.91. The lowest BCUT2D eigenvalue weighted by molar-refractivity contribution is 0.0599. The third-order valence-corrected chi connectivity index (χ3v) is 5.51. The topological polar surface area (TPSA) is 43.4 Å². The summed E-state index contributed by atoms with van der Waals surface area (Å²) in [4.78, 5) is 25.2. The van der Waals surface area contributed by atoms with Gasteiger partial charge < -0.3 is 4.74 Å². The molecule has 2 rings (SSSR count). The second kappa shape index (κ2) is 7.53. The number of rotatable bonds is 5. The zero-order valence-corrected chi connectivity index (χ0v) is 16.0. The Hall–Kier alpha value is -1.28. The molecule has 2 aromatic rings. The van der Waals surface area contributed by atoms with E-state index in [-0.39, 0.29) is 18.0 Å². The predicted molar refractivity (Wildman–Crippen MR) is 97.0 cm³/mol. The van der Waals surface area contributed by atoms with Crippen molar-refractivity contribution in [1.82, 2.24) is 0 Å². The van der Waals surface area contributed by atoms with Crippen LogP contribution in [0.1, 0.15) is 49.9 Å². The zero-order chi connectivity index (χ0) is 17.1. The number of methoxy groups -OCH3 is 1. The van der Waals surface area contributed by atoms with E-state index in [1.807, 2.05) is 35.6 Å². The number of carbonyl (C=O) groups excluding carboxylic acids is 2. The molecule has 0 aliphatic heterocycles. The molecular weight excluding hydrogens is 430 g/mol. The van der Waals surface area contributed by atoms with Crippen LogP contribution in [-0.2, 0) is 17.6 Å². The minimum atomic E-state index is -0.480. The maximum absolute atomic E-state index is 14.1. The highest BCUT2D eigenvalue weighted by Crippen LogP contribution is 2.33. The Morgan fingerprint density at radius 3 is 2.57 bits per heavy atom. The monoisotopic (exact) mass is 446 g/mol. The van der Waals surface area contributed by atoms with Gasteiger partial charge in [0.05, 0.1) is 17.6 Å². The summed E-state index contributed by atoms with van der Waals surface area (Å²) in [6.45, 7) is 3.36. The van der Waals surface area contributed by atoms with Crippen molar-refractivity contribution in [2.45, 2.75) is 26.7 Å². The lowest BCUT2D eigenvalue weighted by Gasteiger charge is -2.06. The van der Waals surface area contributed by atoms with Crippen LogP contribution >= 0.6 is 33.9 Å². The summed E-state index contributed by atoms with van der Waals surface area (Å²) < 4.78 is 19.8. The Bertz CT molecular complexity index is 767. The highest BCUT2D eigenvalue weighted by atomic mass is 127. The van der Waals surface area contributed by atoms with Crippen molar-refractivity contribution in [3.8, 4) is 0 Å². The Morgan fingerprint density at radius 1 is 1.35 bits per heavy atom. The first-order valence-corrected chi connectivity index (χ1v) is 8.96. The number of hydrogen-bond acceptors (Lipinski definition) is 4. The van der Waals surface area contributed by atoms with Gasteiger partial charge in [-0.3, -0.25) is 4.79 Å².